The van der Waals surface area contributed by atoms with Crippen LogP contribution in [0.3, 0.4) is 0 Å². The lowest BCUT2D eigenvalue weighted by atomic mass is 10.1. The van der Waals surface area contributed by atoms with Crippen LogP contribution >= 0.6 is 0 Å². The van der Waals surface area contributed by atoms with Crippen molar-refractivity contribution in [2.24, 2.45) is 5.73 Å². The molecule has 0 fully saturated rings. The van der Waals surface area contributed by atoms with Crippen molar-refractivity contribution in [2.45, 2.75) is 50.6 Å². The van der Waals surface area contributed by atoms with Crippen molar-refractivity contribution in [1.82, 2.24) is 4.72 Å². The Morgan fingerprint density at radius 3 is 2.50 bits per heavy atom. The number of rotatable bonds is 6. The Labute approximate surface area is 110 Å². The lowest BCUT2D eigenvalue weighted by molar-refractivity contribution is 0.555. The van der Waals surface area contributed by atoms with E-state index < -0.39 is 10.0 Å². The predicted molar refractivity (Wildman–Crippen MR) is 73.7 cm³/mol. The van der Waals surface area contributed by atoms with Crippen molar-refractivity contribution >= 4 is 10.0 Å². The molecular formula is C13H22N2O2S. The highest BCUT2D eigenvalue weighted by Gasteiger charge is 2.17. The fraction of sp³-hybridized carbons (Fsp3) is 0.538. The molecule has 0 aromatic heterocycles. The zero-order chi connectivity index (χ0) is 13.8. The van der Waals surface area contributed by atoms with Gasteiger partial charge in [-0.1, -0.05) is 26.0 Å². The van der Waals surface area contributed by atoms with Crippen molar-refractivity contribution in [1.29, 1.82) is 0 Å². The standard InChI is InChI=1S/C13H22N2O2S/c1-4-10(3)15-18(16,17)12-8-6-7-11(9-12)13(14)5-2/h6-10,13,15H,4-5,14H2,1-3H3. The number of nitrogens with one attached hydrogen (secondary N) is 1. The van der Waals surface area contributed by atoms with E-state index in [0.29, 0.717) is 0 Å². The average Bonchev–Trinajstić information content (AvgIpc) is 2.37. The number of hydrogen-bond acceptors (Lipinski definition) is 3. The first-order valence-corrected chi connectivity index (χ1v) is 7.76. The Balaban J connectivity index is 3.02. The van der Waals surface area contributed by atoms with E-state index in [0.717, 1.165) is 18.4 Å². The molecule has 0 aliphatic carbocycles. The van der Waals surface area contributed by atoms with Crippen molar-refractivity contribution in [3.63, 3.8) is 0 Å². The monoisotopic (exact) mass is 270 g/mol. The Kier molecular flexibility index (Phi) is 5.31. The second kappa shape index (κ2) is 6.31. The van der Waals surface area contributed by atoms with Gasteiger partial charge in [0.2, 0.25) is 10.0 Å². The molecular weight excluding hydrogens is 248 g/mol. The Bertz CT molecular complexity index is 486. The first-order valence-electron chi connectivity index (χ1n) is 6.28. The minimum atomic E-state index is -3.44. The molecule has 0 spiro atoms. The topological polar surface area (TPSA) is 72.2 Å². The van der Waals surface area contributed by atoms with E-state index in [1.165, 1.54) is 0 Å². The second-order valence-corrected chi connectivity index (χ2v) is 6.23. The summed E-state index contributed by atoms with van der Waals surface area (Å²) in [6, 6.07) is 6.64. The van der Waals surface area contributed by atoms with Crippen LogP contribution in [-0.2, 0) is 10.0 Å². The fourth-order valence-corrected chi connectivity index (χ4v) is 2.95. The average molecular weight is 270 g/mol. The molecule has 0 saturated heterocycles. The van der Waals surface area contributed by atoms with Crippen LogP contribution in [0.15, 0.2) is 29.2 Å². The predicted octanol–water partition coefficient (Wildman–Crippen LogP) is 2.17. The van der Waals surface area contributed by atoms with Crippen LogP contribution in [0.5, 0.6) is 0 Å². The van der Waals surface area contributed by atoms with E-state index in [9.17, 15) is 8.42 Å². The molecule has 1 aromatic rings. The van der Waals surface area contributed by atoms with Crippen molar-refractivity contribution in [3.05, 3.63) is 29.8 Å². The largest absolute Gasteiger partial charge is 0.324 e. The summed E-state index contributed by atoms with van der Waals surface area (Å²) in [7, 11) is -3.44. The van der Waals surface area contributed by atoms with Crippen molar-refractivity contribution in [3.8, 4) is 0 Å². The van der Waals surface area contributed by atoms with E-state index in [4.69, 9.17) is 5.73 Å². The first-order chi connectivity index (χ1) is 8.40. The van der Waals surface area contributed by atoms with Crippen LogP contribution in [0.4, 0.5) is 0 Å². The summed E-state index contributed by atoms with van der Waals surface area (Å²) in [5.74, 6) is 0. The molecule has 0 aliphatic rings. The highest BCUT2D eigenvalue weighted by molar-refractivity contribution is 7.89. The molecule has 102 valence electrons. The van der Waals surface area contributed by atoms with Gasteiger partial charge in [-0.25, -0.2) is 13.1 Å². The molecule has 0 aliphatic heterocycles. The summed E-state index contributed by atoms with van der Waals surface area (Å²) in [4.78, 5) is 0.282. The van der Waals surface area contributed by atoms with Crippen LogP contribution in [0.1, 0.15) is 45.2 Å². The molecule has 0 saturated carbocycles. The SMILES string of the molecule is CCC(C)NS(=O)(=O)c1cccc(C(N)CC)c1. The van der Waals surface area contributed by atoms with Crippen LogP contribution in [0.2, 0.25) is 0 Å². The minimum absolute atomic E-state index is 0.0708. The van der Waals surface area contributed by atoms with Gasteiger partial charge in [0.1, 0.15) is 0 Å². The summed E-state index contributed by atoms with van der Waals surface area (Å²) in [5.41, 5.74) is 6.77. The molecule has 0 amide bonds. The fourth-order valence-electron chi connectivity index (χ4n) is 1.56. The van der Waals surface area contributed by atoms with Crippen LogP contribution < -0.4 is 10.5 Å². The molecule has 5 heteroatoms. The minimum Gasteiger partial charge on any atom is -0.324 e. The first kappa shape index (κ1) is 15.1. The molecule has 0 heterocycles. The molecule has 2 atom stereocenters. The Hall–Kier alpha value is -0.910. The summed E-state index contributed by atoms with van der Waals surface area (Å²) in [6.07, 6.45) is 1.54. The number of nitrogens with two attached hydrogens (primary N) is 1. The number of sulfonamides is 1. The van der Waals surface area contributed by atoms with Gasteiger partial charge < -0.3 is 5.73 Å². The third-order valence-corrected chi connectivity index (χ3v) is 4.59. The summed E-state index contributed by atoms with van der Waals surface area (Å²) < 4.78 is 26.9. The van der Waals surface area contributed by atoms with Crippen LogP contribution in [0.25, 0.3) is 0 Å². The molecule has 3 N–H and O–H groups in total. The molecule has 4 nitrogen and oxygen atoms in total. The van der Waals surface area contributed by atoms with E-state index in [1.54, 1.807) is 18.2 Å². The molecule has 2 unspecified atom stereocenters. The van der Waals surface area contributed by atoms with Gasteiger partial charge in [-0.3, -0.25) is 0 Å². The normalized spacial score (nSPS) is 15.3. The highest BCUT2D eigenvalue weighted by atomic mass is 32.2. The van der Waals surface area contributed by atoms with E-state index in [2.05, 4.69) is 4.72 Å². The lowest BCUT2D eigenvalue weighted by Crippen LogP contribution is -2.32. The van der Waals surface area contributed by atoms with Crippen LogP contribution in [-0.4, -0.2) is 14.5 Å². The number of benzene rings is 1. The molecule has 0 bridgehead atoms. The second-order valence-electron chi connectivity index (χ2n) is 4.52. The molecule has 18 heavy (non-hydrogen) atoms. The van der Waals surface area contributed by atoms with Gasteiger partial charge in [0.05, 0.1) is 4.90 Å². The number of hydrogen-bond donors (Lipinski definition) is 2. The van der Waals surface area contributed by atoms with Gasteiger partial charge in [0.25, 0.3) is 0 Å². The Morgan fingerprint density at radius 1 is 1.28 bits per heavy atom. The zero-order valence-electron chi connectivity index (χ0n) is 11.2. The van der Waals surface area contributed by atoms with E-state index in [1.807, 2.05) is 26.8 Å². The van der Waals surface area contributed by atoms with Gasteiger partial charge in [-0.05, 0) is 37.5 Å². The van der Waals surface area contributed by atoms with Gasteiger partial charge in [0.15, 0.2) is 0 Å². The third kappa shape index (κ3) is 3.80. The third-order valence-electron chi connectivity index (χ3n) is 3.01. The summed E-state index contributed by atoms with van der Waals surface area (Å²) >= 11 is 0. The van der Waals surface area contributed by atoms with Gasteiger partial charge >= 0.3 is 0 Å². The smallest absolute Gasteiger partial charge is 0.240 e. The molecule has 1 aromatic carbocycles. The maximum absolute atomic E-state index is 12.1. The van der Waals surface area contributed by atoms with Gasteiger partial charge in [-0.15, -0.1) is 0 Å². The maximum atomic E-state index is 12.1. The highest BCUT2D eigenvalue weighted by Crippen LogP contribution is 2.18. The van der Waals surface area contributed by atoms with Crippen LogP contribution in [0, 0.1) is 0 Å². The maximum Gasteiger partial charge on any atom is 0.240 e. The summed E-state index contributed by atoms with van der Waals surface area (Å²) in [6.45, 7) is 5.76. The van der Waals surface area contributed by atoms with E-state index in [-0.39, 0.29) is 17.0 Å². The summed E-state index contributed by atoms with van der Waals surface area (Å²) in [5, 5.41) is 0. The van der Waals surface area contributed by atoms with E-state index >= 15 is 0 Å². The molecule has 0 radical (unpaired) electrons. The molecule has 1 rings (SSSR count). The van der Waals surface area contributed by atoms with Crippen molar-refractivity contribution in [2.75, 3.05) is 0 Å². The van der Waals surface area contributed by atoms with Gasteiger partial charge in [0, 0.05) is 12.1 Å². The van der Waals surface area contributed by atoms with Crippen molar-refractivity contribution < 1.29 is 8.42 Å². The quantitative estimate of drug-likeness (QED) is 0.832. The van der Waals surface area contributed by atoms with Gasteiger partial charge in [-0.2, -0.15) is 0 Å². The zero-order valence-corrected chi connectivity index (χ0v) is 12.0. The Morgan fingerprint density at radius 2 is 1.94 bits per heavy atom. The lowest BCUT2D eigenvalue weighted by Gasteiger charge is -2.14.